The summed E-state index contributed by atoms with van der Waals surface area (Å²) in [6.45, 7) is 5.22. The Kier molecular flexibility index (Phi) is 7.51. The second kappa shape index (κ2) is 10.7. The van der Waals surface area contributed by atoms with Gasteiger partial charge in [0, 0.05) is 17.1 Å². The van der Waals surface area contributed by atoms with E-state index in [-0.39, 0.29) is 19.1 Å². The number of carbonyl (C=O) groups is 1. The molecular formula is C24H24N2O4. The van der Waals surface area contributed by atoms with E-state index in [9.17, 15) is 4.79 Å². The van der Waals surface area contributed by atoms with Crippen molar-refractivity contribution in [1.29, 1.82) is 0 Å². The first kappa shape index (κ1) is 21.0. The number of rotatable bonds is 8. The molecule has 6 nitrogen and oxygen atoms in total. The summed E-state index contributed by atoms with van der Waals surface area (Å²) < 4.78 is 16.8. The number of benzene rings is 2. The molecule has 0 aliphatic carbocycles. The van der Waals surface area contributed by atoms with Gasteiger partial charge in [0.2, 0.25) is 0 Å². The van der Waals surface area contributed by atoms with Crippen molar-refractivity contribution in [2.75, 3.05) is 26.4 Å². The van der Waals surface area contributed by atoms with E-state index in [2.05, 4.69) is 22.1 Å². The van der Waals surface area contributed by atoms with Crippen molar-refractivity contribution in [3.8, 4) is 29.1 Å². The molecule has 1 aromatic heterocycles. The summed E-state index contributed by atoms with van der Waals surface area (Å²) in [5.41, 5.74) is 1.29. The van der Waals surface area contributed by atoms with Crippen molar-refractivity contribution >= 4 is 16.8 Å². The van der Waals surface area contributed by atoms with E-state index >= 15 is 0 Å². The van der Waals surface area contributed by atoms with Crippen molar-refractivity contribution in [3.05, 3.63) is 60.3 Å². The van der Waals surface area contributed by atoms with Gasteiger partial charge in [-0.15, -0.1) is 0 Å². The number of fused-ring (bicyclic) bond motifs is 1. The Morgan fingerprint density at radius 1 is 0.933 bits per heavy atom. The highest BCUT2D eigenvalue weighted by atomic mass is 16.5. The zero-order valence-corrected chi connectivity index (χ0v) is 17.1. The van der Waals surface area contributed by atoms with E-state index < -0.39 is 0 Å². The van der Waals surface area contributed by atoms with E-state index in [4.69, 9.17) is 14.2 Å². The van der Waals surface area contributed by atoms with Gasteiger partial charge in [-0.2, -0.15) is 0 Å². The molecule has 0 aliphatic heterocycles. The predicted octanol–water partition coefficient (Wildman–Crippen LogP) is 3.84. The Morgan fingerprint density at radius 3 is 2.57 bits per heavy atom. The molecule has 0 fully saturated rings. The van der Waals surface area contributed by atoms with Crippen LogP contribution in [0.2, 0.25) is 0 Å². The van der Waals surface area contributed by atoms with Crippen LogP contribution in [0.15, 0.2) is 54.7 Å². The molecule has 0 saturated carbocycles. The zero-order valence-electron chi connectivity index (χ0n) is 17.1. The molecule has 0 saturated heterocycles. The number of carbonyl (C=O) groups excluding carboxylic acids is 1. The van der Waals surface area contributed by atoms with E-state index in [1.54, 1.807) is 24.4 Å². The maximum atomic E-state index is 12.4. The molecule has 30 heavy (non-hydrogen) atoms. The fourth-order valence-electron chi connectivity index (χ4n) is 2.84. The number of amides is 1. The molecule has 154 valence electrons. The van der Waals surface area contributed by atoms with Crippen LogP contribution in [0.3, 0.4) is 0 Å². The number of aromatic nitrogens is 1. The van der Waals surface area contributed by atoms with Gasteiger partial charge >= 0.3 is 0 Å². The molecule has 0 radical (unpaired) electrons. The lowest BCUT2D eigenvalue weighted by molar-refractivity contribution is 0.0958. The Balaban J connectivity index is 1.52. The number of nitrogens with zero attached hydrogens (tertiary/aromatic N) is 1. The van der Waals surface area contributed by atoms with Gasteiger partial charge in [0.25, 0.3) is 5.91 Å². The molecule has 0 unspecified atom stereocenters. The van der Waals surface area contributed by atoms with Gasteiger partial charge < -0.3 is 19.5 Å². The molecule has 1 heterocycles. The minimum absolute atomic E-state index is 0.211. The van der Waals surface area contributed by atoms with Gasteiger partial charge in [0.1, 0.15) is 17.9 Å². The van der Waals surface area contributed by atoms with Gasteiger partial charge in [0.05, 0.1) is 19.8 Å². The predicted molar refractivity (Wildman–Crippen MR) is 116 cm³/mol. The summed E-state index contributed by atoms with van der Waals surface area (Å²) in [7, 11) is 0. The molecule has 0 aliphatic rings. The first-order valence-corrected chi connectivity index (χ1v) is 9.83. The summed E-state index contributed by atoms with van der Waals surface area (Å²) >= 11 is 0. The molecular weight excluding hydrogens is 380 g/mol. The average Bonchev–Trinajstić information content (AvgIpc) is 2.77. The van der Waals surface area contributed by atoms with Crippen molar-refractivity contribution < 1.29 is 19.0 Å². The van der Waals surface area contributed by atoms with Gasteiger partial charge in [-0.3, -0.25) is 9.78 Å². The molecule has 1 N–H and O–H groups in total. The number of hydrogen-bond acceptors (Lipinski definition) is 5. The van der Waals surface area contributed by atoms with E-state index in [1.807, 2.05) is 44.2 Å². The minimum atomic E-state index is -0.229. The standard InChI is InChI=1S/C24H24N2O4/c1-3-28-20-13-12-19(17-22(20)29-4-2)24(27)26-14-5-6-16-30-21-11-7-9-18-10-8-15-25-23(18)21/h7-13,15,17H,3-4,14,16H2,1-2H3,(H,26,27). The van der Waals surface area contributed by atoms with Crippen LogP contribution in [-0.4, -0.2) is 37.3 Å². The van der Waals surface area contributed by atoms with Gasteiger partial charge in [-0.05, 0) is 44.2 Å². The SMILES string of the molecule is CCOc1ccc(C(=O)NCC#CCOc2cccc3cccnc23)cc1OCC. The van der Waals surface area contributed by atoms with E-state index in [1.165, 1.54) is 0 Å². The molecule has 6 heteroatoms. The Labute approximate surface area is 176 Å². The van der Waals surface area contributed by atoms with Crippen LogP contribution in [0.4, 0.5) is 0 Å². The maximum Gasteiger partial charge on any atom is 0.252 e. The monoisotopic (exact) mass is 404 g/mol. The maximum absolute atomic E-state index is 12.4. The highest BCUT2D eigenvalue weighted by Crippen LogP contribution is 2.28. The first-order valence-electron chi connectivity index (χ1n) is 9.83. The highest BCUT2D eigenvalue weighted by molar-refractivity contribution is 5.95. The fourth-order valence-corrected chi connectivity index (χ4v) is 2.84. The Hall–Kier alpha value is -3.72. The van der Waals surface area contributed by atoms with Crippen molar-refractivity contribution in [3.63, 3.8) is 0 Å². The molecule has 3 rings (SSSR count). The first-order chi connectivity index (χ1) is 14.7. The fraction of sp³-hybridized carbons (Fsp3) is 0.250. The van der Waals surface area contributed by atoms with Crippen molar-refractivity contribution in [1.82, 2.24) is 10.3 Å². The van der Waals surface area contributed by atoms with Crippen LogP contribution in [0.1, 0.15) is 24.2 Å². The molecule has 0 atom stereocenters. The zero-order chi connectivity index (χ0) is 21.2. The van der Waals surface area contributed by atoms with Gasteiger partial charge in [-0.1, -0.05) is 30.0 Å². The van der Waals surface area contributed by atoms with Crippen LogP contribution in [-0.2, 0) is 0 Å². The lowest BCUT2D eigenvalue weighted by atomic mass is 10.2. The second-order valence-corrected chi connectivity index (χ2v) is 6.18. The summed E-state index contributed by atoms with van der Waals surface area (Å²) in [4.78, 5) is 16.7. The third-order valence-corrected chi connectivity index (χ3v) is 4.16. The van der Waals surface area contributed by atoms with Crippen LogP contribution >= 0.6 is 0 Å². The third-order valence-electron chi connectivity index (χ3n) is 4.16. The lowest BCUT2D eigenvalue weighted by Crippen LogP contribution is -2.23. The number of hydrogen-bond donors (Lipinski definition) is 1. The number of pyridine rings is 1. The average molecular weight is 404 g/mol. The molecule has 3 aromatic rings. The highest BCUT2D eigenvalue weighted by Gasteiger charge is 2.10. The number of para-hydroxylation sites is 1. The van der Waals surface area contributed by atoms with Crippen molar-refractivity contribution in [2.24, 2.45) is 0 Å². The number of ether oxygens (including phenoxy) is 3. The smallest absolute Gasteiger partial charge is 0.252 e. The summed E-state index contributed by atoms with van der Waals surface area (Å²) in [5.74, 6) is 7.42. The molecule has 2 aromatic carbocycles. The van der Waals surface area contributed by atoms with Crippen LogP contribution in [0.25, 0.3) is 10.9 Å². The molecule has 0 bridgehead atoms. The van der Waals surface area contributed by atoms with Gasteiger partial charge in [-0.25, -0.2) is 0 Å². The summed E-state index contributed by atoms with van der Waals surface area (Å²) in [6.07, 6.45) is 1.73. The minimum Gasteiger partial charge on any atom is -0.490 e. The Morgan fingerprint density at radius 2 is 1.73 bits per heavy atom. The van der Waals surface area contributed by atoms with Crippen molar-refractivity contribution in [2.45, 2.75) is 13.8 Å². The van der Waals surface area contributed by atoms with E-state index in [0.29, 0.717) is 36.0 Å². The quantitative estimate of drug-likeness (QED) is 0.578. The normalized spacial score (nSPS) is 10.1. The summed E-state index contributed by atoms with van der Waals surface area (Å²) in [6, 6.07) is 14.7. The largest absolute Gasteiger partial charge is 0.490 e. The van der Waals surface area contributed by atoms with Crippen LogP contribution in [0, 0.1) is 11.8 Å². The van der Waals surface area contributed by atoms with Crippen LogP contribution in [0.5, 0.6) is 17.2 Å². The number of nitrogens with one attached hydrogen (secondary N) is 1. The molecule has 1 amide bonds. The van der Waals surface area contributed by atoms with E-state index in [0.717, 1.165) is 10.9 Å². The summed E-state index contributed by atoms with van der Waals surface area (Å²) in [5, 5.41) is 3.78. The topological polar surface area (TPSA) is 69.7 Å². The lowest BCUT2D eigenvalue weighted by Gasteiger charge is -2.12. The van der Waals surface area contributed by atoms with Gasteiger partial charge in [0.15, 0.2) is 11.5 Å². The Bertz CT molecular complexity index is 1060. The van der Waals surface area contributed by atoms with Crippen LogP contribution < -0.4 is 19.5 Å². The molecule has 0 spiro atoms. The third kappa shape index (κ3) is 5.42. The second-order valence-electron chi connectivity index (χ2n) is 6.18.